The first kappa shape index (κ1) is 102. The number of allylic oxidation sites excluding steroid dienone is 4. The molecule has 19 heteroatoms. The maximum Gasteiger partial charge on any atom is 0.472 e. The van der Waals surface area contributed by atoms with Crippen molar-refractivity contribution in [1.82, 2.24) is 0 Å². The van der Waals surface area contributed by atoms with E-state index in [4.69, 9.17) is 37.0 Å². The number of phosphoric acid groups is 2. The second-order valence-corrected chi connectivity index (χ2v) is 34.0. The van der Waals surface area contributed by atoms with Gasteiger partial charge in [0.1, 0.15) is 19.3 Å². The van der Waals surface area contributed by atoms with Crippen LogP contribution in [0, 0.1) is 17.8 Å². The minimum Gasteiger partial charge on any atom is -0.462 e. The Morgan fingerprint density at radius 2 is 0.567 bits per heavy atom. The topological polar surface area (TPSA) is 237 Å². The molecule has 0 bridgehead atoms. The van der Waals surface area contributed by atoms with Gasteiger partial charge in [-0.3, -0.25) is 37.3 Å². The van der Waals surface area contributed by atoms with Gasteiger partial charge in [-0.1, -0.05) is 368 Å². The lowest BCUT2D eigenvalue weighted by atomic mass is 9.99. The molecule has 0 radical (unpaired) electrons. The van der Waals surface area contributed by atoms with E-state index in [2.05, 4.69) is 72.8 Å². The summed E-state index contributed by atoms with van der Waals surface area (Å²) < 4.78 is 68.8. The van der Waals surface area contributed by atoms with Crippen LogP contribution in [0.1, 0.15) is 421 Å². The van der Waals surface area contributed by atoms with E-state index < -0.39 is 97.5 Å². The summed E-state index contributed by atoms with van der Waals surface area (Å²) in [6.07, 6.45) is 67.5. The van der Waals surface area contributed by atoms with Crippen LogP contribution >= 0.6 is 15.6 Å². The van der Waals surface area contributed by atoms with Crippen LogP contribution in [-0.4, -0.2) is 96.7 Å². The highest BCUT2D eigenvalue weighted by Crippen LogP contribution is 2.45. The third-order valence-electron chi connectivity index (χ3n) is 19.6. The fraction of sp³-hybridized carbons (Fsp3) is 0.906. The molecule has 0 heterocycles. The number of hydrogen-bond donors (Lipinski definition) is 3. The minimum atomic E-state index is -4.97. The van der Waals surface area contributed by atoms with Crippen molar-refractivity contribution in [1.29, 1.82) is 0 Å². The van der Waals surface area contributed by atoms with Crippen molar-refractivity contribution in [3.63, 3.8) is 0 Å². The summed E-state index contributed by atoms with van der Waals surface area (Å²) in [5.74, 6) is 0.229. The van der Waals surface area contributed by atoms with Gasteiger partial charge in [0.25, 0.3) is 0 Å². The van der Waals surface area contributed by atoms with Crippen molar-refractivity contribution in [2.24, 2.45) is 17.8 Å². The van der Waals surface area contributed by atoms with E-state index in [1.807, 2.05) is 0 Å². The Hall–Kier alpha value is -2.46. The normalized spacial score (nSPS) is 14.3. The largest absolute Gasteiger partial charge is 0.472 e. The number of esters is 4. The predicted octanol–water partition coefficient (Wildman–Crippen LogP) is 25.3. The van der Waals surface area contributed by atoms with Crippen molar-refractivity contribution in [3.8, 4) is 0 Å². The van der Waals surface area contributed by atoms with Crippen LogP contribution in [0.25, 0.3) is 0 Å². The number of aliphatic hydroxyl groups is 1. The van der Waals surface area contributed by atoms with Gasteiger partial charge in [-0.15, -0.1) is 0 Å². The van der Waals surface area contributed by atoms with Gasteiger partial charge in [-0.25, -0.2) is 9.13 Å². The molecule has 614 valence electrons. The zero-order valence-corrected chi connectivity index (χ0v) is 69.8. The Morgan fingerprint density at radius 3 is 0.856 bits per heavy atom. The summed E-state index contributed by atoms with van der Waals surface area (Å²) in [5, 5.41) is 10.7. The molecule has 0 aromatic carbocycles. The molecule has 0 aliphatic rings. The molecule has 0 saturated carbocycles. The van der Waals surface area contributed by atoms with Gasteiger partial charge in [0.05, 0.1) is 26.4 Å². The lowest BCUT2D eigenvalue weighted by Crippen LogP contribution is -2.30. The maximum atomic E-state index is 13.1. The van der Waals surface area contributed by atoms with E-state index >= 15 is 0 Å². The number of hydrogen-bond acceptors (Lipinski definition) is 15. The van der Waals surface area contributed by atoms with Crippen LogP contribution in [0.5, 0.6) is 0 Å². The van der Waals surface area contributed by atoms with Gasteiger partial charge >= 0.3 is 39.5 Å². The Morgan fingerprint density at radius 1 is 0.317 bits per heavy atom. The second kappa shape index (κ2) is 74.6. The standard InChI is InChI=1S/C85H162O17P2/c1-8-10-11-12-13-14-15-16-21-28-33-38-45-52-59-66-82(87)95-72-80(101-84(89)68-61-54-46-39-34-29-23-20-18-17-19-22-26-31-36-42-49-56-63-76(3)4)74-99-103(91,92)97-70-79(86)71-98-104(93,94)100-75-81(73-96-83(88)67-60-53-48-41-43-50-57-64-77(5)6)102-85(90)69-62-55-47-40-35-30-25-24-27-32-37-44-51-58-65-78(7)9-2/h14-16,21,76-81,86H,8-13,17-20,22-75H2,1-7H3,(H,91,92)(H,93,94)/b15-14-,21-16-/t78?,79?,80-,81-/m1/s1. The third kappa shape index (κ3) is 76.3. The van der Waals surface area contributed by atoms with Gasteiger partial charge < -0.3 is 33.8 Å². The molecule has 0 saturated heterocycles. The van der Waals surface area contributed by atoms with Gasteiger partial charge in [0.2, 0.25) is 0 Å². The first-order valence-corrected chi connectivity index (χ1v) is 46.2. The third-order valence-corrected chi connectivity index (χ3v) is 21.5. The number of unbranched alkanes of at least 4 members (excludes halogenated alkanes) is 45. The molecule has 3 N–H and O–H groups in total. The number of carbonyl (C=O) groups excluding carboxylic acids is 4. The molecule has 17 nitrogen and oxygen atoms in total. The molecule has 0 aromatic rings. The number of phosphoric ester groups is 2. The monoisotopic (exact) mass is 1520 g/mol. The van der Waals surface area contributed by atoms with Crippen LogP contribution in [-0.2, 0) is 65.4 Å². The molecular formula is C85H162O17P2. The molecular weight excluding hydrogens is 1350 g/mol. The van der Waals surface area contributed by atoms with Gasteiger partial charge in [-0.2, -0.15) is 0 Å². The Bertz CT molecular complexity index is 2110. The van der Waals surface area contributed by atoms with Crippen LogP contribution in [0.2, 0.25) is 0 Å². The number of aliphatic hydroxyl groups excluding tert-OH is 1. The van der Waals surface area contributed by atoms with Crippen LogP contribution in [0.15, 0.2) is 24.3 Å². The summed E-state index contributed by atoms with van der Waals surface area (Å²) in [5.41, 5.74) is 0. The minimum absolute atomic E-state index is 0.101. The molecule has 0 aliphatic heterocycles. The van der Waals surface area contributed by atoms with Crippen molar-refractivity contribution in [2.45, 2.75) is 439 Å². The van der Waals surface area contributed by atoms with Gasteiger partial charge in [0.15, 0.2) is 12.2 Å². The fourth-order valence-corrected chi connectivity index (χ4v) is 14.2. The van der Waals surface area contributed by atoms with E-state index in [-0.39, 0.29) is 25.7 Å². The van der Waals surface area contributed by atoms with E-state index in [0.29, 0.717) is 31.6 Å². The molecule has 104 heavy (non-hydrogen) atoms. The van der Waals surface area contributed by atoms with Crippen molar-refractivity contribution in [3.05, 3.63) is 24.3 Å². The summed E-state index contributed by atoms with van der Waals surface area (Å²) in [7, 11) is -9.94. The molecule has 0 fully saturated rings. The summed E-state index contributed by atoms with van der Waals surface area (Å²) in [6.45, 7) is 11.9. The average Bonchev–Trinajstić information content (AvgIpc) is 0.907. The Balaban J connectivity index is 5.25. The average molecular weight is 1520 g/mol. The number of rotatable bonds is 81. The maximum absolute atomic E-state index is 13.1. The van der Waals surface area contributed by atoms with Crippen LogP contribution in [0.4, 0.5) is 0 Å². The fourth-order valence-electron chi connectivity index (χ4n) is 12.6. The van der Waals surface area contributed by atoms with Gasteiger partial charge in [0, 0.05) is 25.7 Å². The molecule has 0 aromatic heterocycles. The first-order valence-electron chi connectivity index (χ1n) is 43.2. The Kier molecular flexibility index (Phi) is 72.9. The summed E-state index contributed by atoms with van der Waals surface area (Å²) in [4.78, 5) is 73.1. The lowest BCUT2D eigenvalue weighted by Gasteiger charge is -2.21. The summed E-state index contributed by atoms with van der Waals surface area (Å²) in [6, 6.07) is 0. The molecule has 4 unspecified atom stereocenters. The smallest absolute Gasteiger partial charge is 0.462 e. The highest BCUT2D eigenvalue weighted by Gasteiger charge is 2.30. The quantitative estimate of drug-likeness (QED) is 0.0169. The summed E-state index contributed by atoms with van der Waals surface area (Å²) >= 11 is 0. The Labute approximate surface area is 637 Å². The zero-order chi connectivity index (χ0) is 76.5. The molecule has 0 spiro atoms. The van der Waals surface area contributed by atoms with E-state index in [0.717, 1.165) is 127 Å². The highest BCUT2D eigenvalue weighted by atomic mass is 31.2. The lowest BCUT2D eigenvalue weighted by molar-refractivity contribution is -0.161. The zero-order valence-electron chi connectivity index (χ0n) is 68.0. The van der Waals surface area contributed by atoms with E-state index in [9.17, 15) is 43.2 Å². The van der Waals surface area contributed by atoms with Crippen LogP contribution < -0.4 is 0 Å². The molecule has 0 amide bonds. The molecule has 0 aliphatic carbocycles. The molecule has 0 rings (SSSR count). The van der Waals surface area contributed by atoms with E-state index in [1.54, 1.807) is 0 Å². The number of ether oxygens (including phenoxy) is 4. The van der Waals surface area contributed by atoms with Crippen molar-refractivity contribution >= 4 is 39.5 Å². The number of carbonyl (C=O) groups is 4. The van der Waals surface area contributed by atoms with Gasteiger partial charge in [-0.05, 0) is 69.1 Å². The predicted molar refractivity (Wildman–Crippen MR) is 427 cm³/mol. The molecule has 6 atom stereocenters. The van der Waals surface area contributed by atoms with Crippen LogP contribution in [0.3, 0.4) is 0 Å². The highest BCUT2D eigenvalue weighted by molar-refractivity contribution is 7.47. The van der Waals surface area contributed by atoms with Crippen molar-refractivity contribution in [2.75, 3.05) is 39.6 Å². The SMILES string of the molecule is CCCCCC/C=C\C=C/CCCCCCCC(=O)OC[C@H](COP(=O)(O)OCC(O)COP(=O)(O)OC[C@@H](COC(=O)CCCCCCCCCC(C)C)OC(=O)CCCCCCCCCCCCCCCCC(C)CC)OC(=O)CCCCCCCCCCCCCCCCCCCCC(C)C. The second-order valence-electron chi connectivity index (χ2n) is 31.1. The van der Waals surface area contributed by atoms with E-state index in [1.165, 1.54) is 205 Å². The first-order chi connectivity index (χ1) is 50.3. The van der Waals surface area contributed by atoms with Crippen molar-refractivity contribution < 1.29 is 80.2 Å².